The van der Waals surface area contributed by atoms with Gasteiger partial charge in [-0.1, -0.05) is 35.9 Å². The lowest BCUT2D eigenvalue weighted by molar-refractivity contribution is 0.565. The summed E-state index contributed by atoms with van der Waals surface area (Å²) in [6.45, 7) is 4.94. The molecule has 0 aliphatic carbocycles. The maximum absolute atomic E-state index is 6.22. The molecule has 1 heterocycles. The van der Waals surface area contributed by atoms with Crippen molar-refractivity contribution in [1.29, 1.82) is 0 Å². The highest BCUT2D eigenvalue weighted by Gasteiger charge is 2.23. The van der Waals surface area contributed by atoms with Gasteiger partial charge in [-0.3, -0.25) is 0 Å². The number of hydrogen-bond acceptors (Lipinski definition) is 3. The minimum Gasteiger partial charge on any atom is -0.305 e. The zero-order valence-corrected chi connectivity index (χ0v) is 13.5. The van der Waals surface area contributed by atoms with Crippen molar-refractivity contribution in [3.05, 3.63) is 44.6 Å². The first-order chi connectivity index (χ1) is 9.06. The number of rotatable bonds is 4. The largest absolute Gasteiger partial charge is 0.305 e. The van der Waals surface area contributed by atoms with E-state index in [4.69, 9.17) is 11.6 Å². The van der Waals surface area contributed by atoms with Gasteiger partial charge in [-0.25, -0.2) is 4.68 Å². The van der Waals surface area contributed by atoms with Gasteiger partial charge in [-0.05, 0) is 46.6 Å². The molecular formula is C13H16BrClN4. The van der Waals surface area contributed by atoms with E-state index in [9.17, 15) is 0 Å². The molecule has 0 radical (unpaired) electrons. The zero-order valence-electron chi connectivity index (χ0n) is 11.1. The Morgan fingerprint density at radius 3 is 2.79 bits per heavy atom. The molecule has 0 saturated heterocycles. The van der Waals surface area contributed by atoms with Crippen LogP contribution in [0.15, 0.2) is 22.8 Å². The molecule has 19 heavy (non-hydrogen) atoms. The van der Waals surface area contributed by atoms with Crippen LogP contribution in [0.1, 0.15) is 29.8 Å². The molecule has 0 amide bonds. The molecule has 2 aromatic rings. The van der Waals surface area contributed by atoms with Gasteiger partial charge >= 0.3 is 0 Å². The second-order valence-electron chi connectivity index (χ2n) is 4.33. The standard InChI is InChI=1S/C13H16BrClN4/c1-4-16-11(12-13(14)17-18-19(12)3)9-6-5-7-10(15)8(9)2/h5-7,11,16H,4H2,1-3H3. The van der Waals surface area contributed by atoms with Gasteiger partial charge in [-0.15, -0.1) is 5.10 Å². The first-order valence-electron chi connectivity index (χ1n) is 6.09. The number of benzene rings is 1. The lowest BCUT2D eigenvalue weighted by atomic mass is 9.99. The van der Waals surface area contributed by atoms with E-state index in [0.29, 0.717) is 0 Å². The summed E-state index contributed by atoms with van der Waals surface area (Å²) in [5.41, 5.74) is 3.20. The lowest BCUT2D eigenvalue weighted by Crippen LogP contribution is -2.25. The summed E-state index contributed by atoms with van der Waals surface area (Å²) in [6.07, 6.45) is 0. The van der Waals surface area contributed by atoms with Crippen molar-refractivity contribution in [2.75, 3.05) is 6.54 Å². The lowest BCUT2D eigenvalue weighted by Gasteiger charge is -2.21. The van der Waals surface area contributed by atoms with Gasteiger partial charge in [0.1, 0.15) is 0 Å². The first kappa shape index (κ1) is 14.5. The quantitative estimate of drug-likeness (QED) is 0.927. The van der Waals surface area contributed by atoms with Crippen LogP contribution in [-0.4, -0.2) is 21.5 Å². The van der Waals surface area contributed by atoms with Crippen LogP contribution < -0.4 is 5.32 Å². The summed E-state index contributed by atoms with van der Waals surface area (Å²) < 4.78 is 2.53. The molecule has 0 aliphatic heterocycles. The Labute approximate surface area is 126 Å². The van der Waals surface area contributed by atoms with Crippen LogP contribution in [-0.2, 0) is 7.05 Å². The highest BCUT2D eigenvalue weighted by atomic mass is 79.9. The Kier molecular flexibility index (Phi) is 4.60. The summed E-state index contributed by atoms with van der Waals surface area (Å²) >= 11 is 9.68. The molecule has 102 valence electrons. The summed E-state index contributed by atoms with van der Waals surface area (Å²) in [5.74, 6) is 0. The van der Waals surface area contributed by atoms with Gasteiger partial charge in [0.15, 0.2) is 4.60 Å². The molecule has 0 saturated carbocycles. The van der Waals surface area contributed by atoms with E-state index in [1.165, 1.54) is 0 Å². The minimum atomic E-state index is 0.0121. The van der Waals surface area contributed by atoms with E-state index >= 15 is 0 Å². The Morgan fingerprint density at radius 2 is 2.21 bits per heavy atom. The second-order valence-corrected chi connectivity index (χ2v) is 5.49. The fourth-order valence-electron chi connectivity index (χ4n) is 2.14. The Hall–Kier alpha value is -0.910. The molecule has 1 unspecified atom stereocenters. The molecule has 1 atom stereocenters. The molecule has 0 fully saturated rings. The van der Waals surface area contributed by atoms with Crippen molar-refractivity contribution in [2.45, 2.75) is 19.9 Å². The van der Waals surface area contributed by atoms with Crippen LogP contribution in [0.5, 0.6) is 0 Å². The molecule has 4 nitrogen and oxygen atoms in total. The predicted octanol–water partition coefficient (Wildman–Crippen LogP) is 3.24. The van der Waals surface area contributed by atoms with Crippen LogP contribution >= 0.6 is 27.5 Å². The van der Waals surface area contributed by atoms with Gasteiger partial charge in [-0.2, -0.15) is 0 Å². The number of nitrogens with one attached hydrogen (secondary N) is 1. The van der Waals surface area contributed by atoms with Gasteiger partial charge < -0.3 is 5.32 Å². The molecule has 1 aromatic carbocycles. The third-order valence-electron chi connectivity index (χ3n) is 3.13. The Bertz CT molecular complexity index is 563. The number of nitrogens with zero attached hydrogens (tertiary/aromatic N) is 3. The van der Waals surface area contributed by atoms with Crippen molar-refractivity contribution in [2.24, 2.45) is 7.05 Å². The van der Waals surface area contributed by atoms with Crippen molar-refractivity contribution in [3.63, 3.8) is 0 Å². The van der Waals surface area contributed by atoms with Gasteiger partial charge in [0.2, 0.25) is 0 Å². The van der Waals surface area contributed by atoms with Crippen LogP contribution in [0.2, 0.25) is 5.02 Å². The predicted molar refractivity (Wildman–Crippen MR) is 80.4 cm³/mol. The highest BCUT2D eigenvalue weighted by Crippen LogP contribution is 2.31. The fourth-order valence-corrected chi connectivity index (χ4v) is 2.88. The van der Waals surface area contributed by atoms with E-state index in [1.54, 1.807) is 4.68 Å². The van der Waals surface area contributed by atoms with Crippen molar-refractivity contribution >= 4 is 27.5 Å². The second kappa shape index (κ2) is 6.03. The number of aromatic nitrogens is 3. The summed E-state index contributed by atoms with van der Waals surface area (Å²) in [4.78, 5) is 0. The first-order valence-corrected chi connectivity index (χ1v) is 7.26. The molecule has 2 rings (SSSR count). The van der Waals surface area contributed by atoms with E-state index < -0.39 is 0 Å². The van der Waals surface area contributed by atoms with E-state index in [2.05, 4.69) is 44.5 Å². The topological polar surface area (TPSA) is 42.7 Å². The van der Waals surface area contributed by atoms with Gasteiger partial charge in [0.25, 0.3) is 0 Å². The Morgan fingerprint density at radius 1 is 1.47 bits per heavy atom. The summed E-state index contributed by atoms with van der Waals surface area (Å²) in [7, 11) is 1.89. The highest BCUT2D eigenvalue weighted by molar-refractivity contribution is 9.10. The number of aryl methyl sites for hydroxylation is 1. The molecule has 0 bridgehead atoms. The maximum Gasteiger partial charge on any atom is 0.153 e. The van der Waals surface area contributed by atoms with E-state index in [-0.39, 0.29) is 6.04 Å². The maximum atomic E-state index is 6.22. The Balaban J connectivity index is 2.55. The van der Waals surface area contributed by atoms with Crippen molar-refractivity contribution < 1.29 is 0 Å². The SMILES string of the molecule is CCNC(c1cccc(Cl)c1C)c1c(Br)nnn1C. The van der Waals surface area contributed by atoms with Crippen molar-refractivity contribution in [1.82, 2.24) is 20.3 Å². The van der Waals surface area contributed by atoms with Crippen molar-refractivity contribution in [3.8, 4) is 0 Å². The summed E-state index contributed by atoms with van der Waals surface area (Å²) in [6, 6.07) is 5.96. The molecule has 6 heteroatoms. The number of hydrogen-bond donors (Lipinski definition) is 1. The number of halogens is 2. The third-order valence-corrected chi connectivity index (χ3v) is 4.10. The molecule has 1 N–H and O–H groups in total. The smallest absolute Gasteiger partial charge is 0.153 e. The van der Waals surface area contributed by atoms with E-state index in [0.717, 1.165) is 33.0 Å². The normalized spacial score (nSPS) is 12.7. The third kappa shape index (κ3) is 2.83. The average molecular weight is 344 g/mol. The molecule has 0 spiro atoms. The average Bonchev–Trinajstić information content (AvgIpc) is 2.70. The monoisotopic (exact) mass is 342 g/mol. The molecule has 1 aromatic heterocycles. The van der Waals surface area contributed by atoms with Gasteiger partial charge in [0, 0.05) is 12.1 Å². The van der Waals surface area contributed by atoms with Crippen LogP contribution in [0, 0.1) is 6.92 Å². The fraction of sp³-hybridized carbons (Fsp3) is 0.385. The summed E-state index contributed by atoms with van der Waals surface area (Å²) in [5, 5.41) is 12.3. The van der Waals surface area contributed by atoms with Crippen LogP contribution in [0.4, 0.5) is 0 Å². The van der Waals surface area contributed by atoms with Crippen LogP contribution in [0.3, 0.4) is 0 Å². The van der Waals surface area contributed by atoms with Gasteiger partial charge in [0.05, 0.1) is 11.7 Å². The molecular weight excluding hydrogens is 328 g/mol. The van der Waals surface area contributed by atoms with Crippen LogP contribution in [0.25, 0.3) is 0 Å². The molecule has 0 aliphatic rings. The zero-order chi connectivity index (χ0) is 14.0. The van der Waals surface area contributed by atoms with E-state index in [1.807, 2.05) is 26.1 Å². The minimum absolute atomic E-state index is 0.0121.